The van der Waals surface area contributed by atoms with E-state index in [4.69, 9.17) is 0 Å². The zero-order valence-corrected chi connectivity index (χ0v) is 14.2. The van der Waals surface area contributed by atoms with Crippen molar-refractivity contribution in [2.75, 3.05) is 13.6 Å². The maximum atomic E-state index is 10.2. The summed E-state index contributed by atoms with van der Waals surface area (Å²) in [7, 11) is 2.31. The van der Waals surface area contributed by atoms with Gasteiger partial charge in [0.1, 0.15) is 5.75 Å². The van der Waals surface area contributed by atoms with Crippen molar-refractivity contribution in [2.24, 2.45) is 5.92 Å². The third-order valence-corrected chi connectivity index (χ3v) is 7.04. The van der Waals surface area contributed by atoms with Crippen molar-refractivity contribution >= 4 is 22.6 Å². The topological polar surface area (TPSA) is 23.5 Å². The molecule has 0 amide bonds. The summed E-state index contributed by atoms with van der Waals surface area (Å²) in [6.45, 7) is 1.22. The molecule has 1 saturated carbocycles. The molecule has 2 bridgehead atoms. The lowest BCUT2D eigenvalue weighted by molar-refractivity contribution is 0.00270. The molecule has 0 aromatic heterocycles. The van der Waals surface area contributed by atoms with E-state index in [9.17, 15) is 5.11 Å². The Kier molecular flexibility index (Phi) is 3.08. The largest absolute Gasteiger partial charge is 0.507 e. The van der Waals surface area contributed by atoms with E-state index in [-0.39, 0.29) is 0 Å². The number of fused-ring (bicyclic) bond motifs is 1. The van der Waals surface area contributed by atoms with E-state index < -0.39 is 0 Å². The van der Waals surface area contributed by atoms with Crippen LogP contribution in [0.4, 0.5) is 0 Å². The number of benzene rings is 1. The summed E-state index contributed by atoms with van der Waals surface area (Å²) in [6.07, 6.45) is 7.91. The first-order chi connectivity index (χ1) is 9.62. The molecule has 2 aliphatic carbocycles. The third kappa shape index (κ3) is 1.71. The highest BCUT2D eigenvalue weighted by molar-refractivity contribution is 14.1. The molecular formula is C17H22INO. The van der Waals surface area contributed by atoms with Gasteiger partial charge in [-0.2, -0.15) is 0 Å². The van der Waals surface area contributed by atoms with Gasteiger partial charge in [0.15, 0.2) is 0 Å². The van der Waals surface area contributed by atoms with Crippen molar-refractivity contribution in [3.63, 3.8) is 0 Å². The van der Waals surface area contributed by atoms with E-state index >= 15 is 0 Å². The quantitative estimate of drug-likeness (QED) is 0.691. The molecule has 3 aliphatic rings. The molecule has 0 radical (unpaired) electrons. The second-order valence-corrected chi connectivity index (χ2v) is 8.13. The number of likely N-dealkylation sites (N-methyl/N-ethyl adjacent to an activating group) is 1. The highest BCUT2D eigenvalue weighted by Gasteiger charge is 2.53. The first-order valence-electron chi connectivity index (χ1n) is 7.84. The summed E-state index contributed by atoms with van der Waals surface area (Å²) >= 11 is 2.26. The van der Waals surface area contributed by atoms with Gasteiger partial charge in [-0.1, -0.05) is 12.8 Å². The van der Waals surface area contributed by atoms with Crippen molar-refractivity contribution in [1.82, 2.24) is 4.90 Å². The Morgan fingerprint density at radius 3 is 3.00 bits per heavy atom. The van der Waals surface area contributed by atoms with Gasteiger partial charge in [-0.25, -0.2) is 0 Å². The molecular weight excluding hydrogens is 361 g/mol. The number of aromatic hydroxyl groups is 1. The summed E-state index contributed by atoms with van der Waals surface area (Å²) < 4.78 is 1.01. The number of halogens is 1. The molecule has 1 saturated heterocycles. The highest BCUT2D eigenvalue weighted by atomic mass is 127. The molecule has 1 N–H and O–H groups in total. The summed E-state index contributed by atoms with van der Waals surface area (Å²) in [6, 6.07) is 5.07. The average molecular weight is 383 g/mol. The maximum absolute atomic E-state index is 10.2. The van der Waals surface area contributed by atoms with E-state index in [2.05, 4.69) is 46.7 Å². The fraction of sp³-hybridized carbons (Fsp3) is 0.647. The summed E-state index contributed by atoms with van der Waals surface area (Å²) in [5.41, 5.74) is 3.36. The fourth-order valence-electron chi connectivity index (χ4n) is 5.21. The van der Waals surface area contributed by atoms with Crippen LogP contribution in [0.2, 0.25) is 0 Å². The summed E-state index contributed by atoms with van der Waals surface area (Å²) in [4.78, 5) is 2.59. The minimum Gasteiger partial charge on any atom is -0.507 e. The minimum atomic E-state index is 0.366. The molecule has 1 unspecified atom stereocenters. The number of hydrogen-bond donors (Lipinski definition) is 1. The monoisotopic (exact) mass is 383 g/mol. The Morgan fingerprint density at radius 2 is 2.15 bits per heavy atom. The smallest absolute Gasteiger partial charge is 0.129 e. The molecule has 3 heteroatoms. The lowest BCUT2D eigenvalue weighted by Crippen LogP contribution is -2.59. The zero-order chi connectivity index (χ0) is 13.9. The second-order valence-electron chi connectivity index (χ2n) is 6.97. The Labute approximate surface area is 134 Å². The minimum absolute atomic E-state index is 0.366. The molecule has 1 aliphatic heterocycles. The van der Waals surface area contributed by atoms with Crippen LogP contribution in [0, 0.1) is 9.49 Å². The normalized spacial score (nSPS) is 36.3. The van der Waals surface area contributed by atoms with Crippen LogP contribution in [0.15, 0.2) is 12.1 Å². The fourth-order valence-corrected chi connectivity index (χ4v) is 5.75. The van der Waals surface area contributed by atoms with Gasteiger partial charge in [-0.05, 0) is 91.0 Å². The van der Waals surface area contributed by atoms with Gasteiger partial charge in [0.2, 0.25) is 0 Å². The highest BCUT2D eigenvalue weighted by Crippen LogP contribution is 2.56. The van der Waals surface area contributed by atoms with Crippen LogP contribution < -0.4 is 0 Å². The Bertz CT molecular complexity index is 558. The van der Waals surface area contributed by atoms with Crippen molar-refractivity contribution in [3.05, 3.63) is 26.8 Å². The number of hydrogen-bond acceptors (Lipinski definition) is 2. The van der Waals surface area contributed by atoms with Crippen molar-refractivity contribution < 1.29 is 5.11 Å². The predicted molar refractivity (Wildman–Crippen MR) is 89.2 cm³/mol. The van der Waals surface area contributed by atoms with Crippen LogP contribution in [0.25, 0.3) is 0 Å². The molecule has 2 nitrogen and oxygen atoms in total. The first-order valence-corrected chi connectivity index (χ1v) is 8.92. The first kappa shape index (κ1) is 13.4. The molecule has 108 valence electrons. The molecule has 0 spiro atoms. The van der Waals surface area contributed by atoms with E-state index in [0.29, 0.717) is 11.2 Å². The van der Waals surface area contributed by atoms with E-state index in [1.807, 2.05) is 0 Å². The van der Waals surface area contributed by atoms with Crippen LogP contribution in [0.1, 0.15) is 43.2 Å². The molecule has 4 rings (SSSR count). The van der Waals surface area contributed by atoms with Crippen LogP contribution in [0.5, 0.6) is 5.75 Å². The predicted octanol–water partition coefficient (Wildman–Crippen LogP) is 3.69. The number of nitrogens with zero attached hydrogens (tertiary/aromatic N) is 1. The third-order valence-electron chi connectivity index (χ3n) is 6.18. The van der Waals surface area contributed by atoms with Gasteiger partial charge in [0.05, 0.1) is 3.57 Å². The lowest BCUT2D eigenvalue weighted by Gasteiger charge is -2.58. The van der Waals surface area contributed by atoms with Gasteiger partial charge >= 0.3 is 0 Å². The lowest BCUT2D eigenvalue weighted by atomic mass is 9.52. The molecule has 1 heterocycles. The molecule has 3 atom stereocenters. The standard InChI is InChI=1S/C17H22INO/c1-19-7-6-17-5-3-2-4-12(17)15(19)9-11-8-14(18)16(20)10-13(11)17/h8,10,12,15,20H,2-7,9H2,1H3/t12?,15-,17-/m0/s1. The molecule has 20 heavy (non-hydrogen) atoms. The zero-order valence-electron chi connectivity index (χ0n) is 12.0. The molecule has 1 aromatic rings. The van der Waals surface area contributed by atoms with Crippen LogP contribution >= 0.6 is 22.6 Å². The molecule has 1 aromatic carbocycles. The van der Waals surface area contributed by atoms with E-state index in [1.165, 1.54) is 56.2 Å². The average Bonchev–Trinajstić information content (AvgIpc) is 2.45. The molecule has 2 fully saturated rings. The number of phenols is 1. The van der Waals surface area contributed by atoms with Gasteiger partial charge in [-0.15, -0.1) is 0 Å². The van der Waals surface area contributed by atoms with Gasteiger partial charge in [-0.3, -0.25) is 0 Å². The van der Waals surface area contributed by atoms with Crippen LogP contribution in [0.3, 0.4) is 0 Å². The Hall–Kier alpha value is -0.290. The summed E-state index contributed by atoms with van der Waals surface area (Å²) in [5.74, 6) is 1.29. The number of piperidine rings is 1. The summed E-state index contributed by atoms with van der Waals surface area (Å²) in [5, 5.41) is 10.2. The number of rotatable bonds is 0. The van der Waals surface area contributed by atoms with Gasteiger partial charge < -0.3 is 10.0 Å². The van der Waals surface area contributed by atoms with Crippen LogP contribution in [-0.2, 0) is 11.8 Å². The number of phenolic OH excluding ortho intramolecular Hbond substituents is 1. The number of likely N-dealkylation sites (tertiary alicyclic amines) is 1. The van der Waals surface area contributed by atoms with Crippen molar-refractivity contribution in [2.45, 2.75) is 50.0 Å². The van der Waals surface area contributed by atoms with E-state index in [0.717, 1.165) is 15.5 Å². The Balaban J connectivity index is 1.92. The van der Waals surface area contributed by atoms with Gasteiger partial charge in [0.25, 0.3) is 0 Å². The van der Waals surface area contributed by atoms with E-state index in [1.54, 1.807) is 0 Å². The second kappa shape index (κ2) is 4.60. The van der Waals surface area contributed by atoms with Crippen LogP contribution in [-0.4, -0.2) is 29.6 Å². The maximum Gasteiger partial charge on any atom is 0.129 e. The van der Waals surface area contributed by atoms with Crippen molar-refractivity contribution in [3.8, 4) is 5.75 Å². The van der Waals surface area contributed by atoms with Gasteiger partial charge in [0, 0.05) is 11.5 Å². The Morgan fingerprint density at radius 1 is 1.30 bits per heavy atom. The SMILES string of the molecule is CN1CC[C@@]23CCCCC2[C@@H]1Cc1cc(I)c(O)cc13. The van der Waals surface area contributed by atoms with Crippen molar-refractivity contribution in [1.29, 1.82) is 0 Å².